The summed E-state index contributed by atoms with van der Waals surface area (Å²) in [6.45, 7) is 4.01. The smallest absolute Gasteiger partial charge is 0.241 e. The molecule has 1 heterocycles. The summed E-state index contributed by atoms with van der Waals surface area (Å²) in [5.41, 5.74) is 7.57. The number of carbonyl (C=O) groups is 1. The zero-order chi connectivity index (χ0) is 13.8. The summed E-state index contributed by atoms with van der Waals surface area (Å²) in [5.74, 6) is 0.0275. The number of pyridine rings is 1. The van der Waals surface area contributed by atoms with Crippen LogP contribution < -0.4 is 11.1 Å². The number of rotatable bonds is 4. The SMILES string of the molecule is CCC(C)[C@H](N)C(=O)Nc1ccc2ncccc2c1. The molecule has 0 saturated carbocycles. The van der Waals surface area contributed by atoms with E-state index in [1.165, 1.54) is 0 Å². The molecule has 0 fully saturated rings. The van der Waals surface area contributed by atoms with Crippen LogP contribution in [0.5, 0.6) is 0 Å². The van der Waals surface area contributed by atoms with Crippen molar-refractivity contribution in [2.45, 2.75) is 26.3 Å². The molecule has 0 bridgehead atoms. The van der Waals surface area contributed by atoms with Gasteiger partial charge in [-0.25, -0.2) is 0 Å². The second-order valence-electron chi connectivity index (χ2n) is 4.81. The summed E-state index contributed by atoms with van der Waals surface area (Å²) >= 11 is 0. The van der Waals surface area contributed by atoms with Crippen LogP contribution in [-0.2, 0) is 4.79 Å². The lowest BCUT2D eigenvalue weighted by Crippen LogP contribution is -2.40. The molecule has 1 unspecified atom stereocenters. The van der Waals surface area contributed by atoms with E-state index < -0.39 is 6.04 Å². The normalized spacial score (nSPS) is 14.1. The van der Waals surface area contributed by atoms with Gasteiger partial charge in [-0.15, -0.1) is 0 Å². The Balaban J connectivity index is 2.15. The highest BCUT2D eigenvalue weighted by atomic mass is 16.2. The van der Waals surface area contributed by atoms with E-state index in [0.29, 0.717) is 0 Å². The number of benzene rings is 1. The molecule has 1 aromatic carbocycles. The van der Waals surface area contributed by atoms with Crippen LogP contribution >= 0.6 is 0 Å². The van der Waals surface area contributed by atoms with Crippen molar-refractivity contribution >= 4 is 22.5 Å². The zero-order valence-electron chi connectivity index (χ0n) is 11.3. The van der Waals surface area contributed by atoms with Crippen molar-refractivity contribution in [1.29, 1.82) is 0 Å². The predicted octanol–water partition coefficient (Wildman–Crippen LogP) is 2.55. The second-order valence-corrected chi connectivity index (χ2v) is 4.81. The molecule has 2 aromatic rings. The first-order valence-corrected chi connectivity index (χ1v) is 6.53. The third kappa shape index (κ3) is 3.09. The zero-order valence-corrected chi connectivity index (χ0v) is 11.3. The molecule has 4 heteroatoms. The number of hydrogen-bond donors (Lipinski definition) is 2. The molecule has 4 nitrogen and oxygen atoms in total. The molecule has 19 heavy (non-hydrogen) atoms. The number of hydrogen-bond acceptors (Lipinski definition) is 3. The molecule has 0 spiro atoms. The van der Waals surface area contributed by atoms with Crippen molar-refractivity contribution in [3.05, 3.63) is 36.5 Å². The van der Waals surface area contributed by atoms with Gasteiger partial charge >= 0.3 is 0 Å². The van der Waals surface area contributed by atoms with E-state index in [9.17, 15) is 4.79 Å². The molecule has 1 amide bonds. The highest BCUT2D eigenvalue weighted by molar-refractivity contribution is 5.96. The predicted molar refractivity (Wildman–Crippen MR) is 77.8 cm³/mol. The molecule has 0 radical (unpaired) electrons. The monoisotopic (exact) mass is 257 g/mol. The molecule has 100 valence electrons. The van der Waals surface area contributed by atoms with Crippen LogP contribution in [-0.4, -0.2) is 16.9 Å². The molecule has 0 saturated heterocycles. The lowest BCUT2D eigenvalue weighted by Gasteiger charge is -2.17. The highest BCUT2D eigenvalue weighted by Gasteiger charge is 2.19. The number of carbonyl (C=O) groups excluding carboxylic acids is 1. The van der Waals surface area contributed by atoms with Gasteiger partial charge in [-0.1, -0.05) is 26.3 Å². The summed E-state index contributed by atoms with van der Waals surface area (Å²) in [6, 6.07) is 9.00. The summed E-state index contributed by atoms with van der Waals surface area (Å²) in [6.07, 6.45) is 2.63. The van der Waals surface area contributed by atoms with E-state index in [1.54, 1.807) is 6.20 Å². The van der Waals surface area contributed by atoms with Gasteiger partial charge in [-0.2, -0.15) is 0 Å². The van der Waals surface area contributed by atoms with Gasteiger partial charge in [0.1, 0.15) is 0 Å². The Labute approximate surface area is 113 Å². The Morgan fingerprint density at radius 3 is 2.95 bits per heavy atom. The number of nitrogens with zero attached hydrogens (tertiary/aromatic N) is 1. The van der Waals surface area contributed by atoms with Crippen LogP contribution in [0.3, 0.4) is 0 Å². The minimum atomic E-state index is -0.477. The lowest BCUT2D eigenvalue weighted by molar-refractivity contribution is -0.118. The molecule has 2 atom stereocenters. The van der Waals surface area contributed by atoms with E-state index in [4.69, 9.17) is 5.73 Å². The third-order valence-corrected chi connectivity index (χ3v) is 3.43. The largest absolute Gasteiger partial charge is 0.325 e. The number of aromatic nitrogens is 1. The van der Waals surface area contributed by atoms with Gasteiger partial charge in [-0.05, 0) is 30.2 Å². The fourth-order valence-corrected chi connectivity index (χ4v) is 1.89. The average Bonchev–Trinajstić information content (AvgIpc) is 2.45. The fourth-order valence-electron chi connectivity index (χ4n) is 1.89. The fraction of sp³-hybridized carbons (Fsp3) is 0.333. The number of amides is 1. The van der Waals surface area contributed by atoms with Crippen molar-refractivity contribution in [2.75, 3.05) is 5.32 Å². The van der Waals surface area contributed by atoms with Crippen molar-refractivity contribution < 1.29 is 4.79 Å². The van der Waals surface area contributed by atoms with E-state index in [1.807, 2.05) is 44.2 Å². The Bertz CT molecular complexity index is 582. The maximum Gasteiger partial charge on any atom is 0.241 e. The molecule has 0 aliphatic heterocycles. The van der Waals surface area contributed by atoms with Gasteiger partial charge in [-0.3, -0.25) is 9.78 Å². The van der Waals surface area contributed by atoms with Gasteiger partial charge in [0.15, 0.2) is 0 Å². The van der Waals surface area contributed by atoms with Crippen LogP contribution in [0.25, 0.3) is 10.9 Å². The topological polar surface area (TPSA) is 68.0 Å². The average molecular weight is 257 g/mol. The van der Waals surface area contributed by atoms with Gasteiger partial charge in [0, 0.05) is 17.3 Å². The summed E-state index contributed by atoms with van der Waals surface area (Å²) in [7, 11) is 0. The van der Waals surface area contributed by atoms with Crippen molar-refractivity contribution in [3.63, 3.8) is 0 Å². The Hall–Kier alpha value is -1.94. The van der Waals surface area contributed by atoms with Crippen LogP contribution in [0.15, 0.2) is 36.5 Å². The first kappa shape index (κ1) is 13.5. The Morgan fingerprint density at radius 2 is 2.21 bits per heavy atom. The van der Waals surface area contributed by atoms with Crippen LogP contribution in [0.4, 0.5) is 5.69 Å². The summed E-state index contributed by atoms with van der Waals surface area (Å²) in [5, 5.41) is 3.85. The number of anilines is 1. The summed E-state index contributed by atoms with van der Waals surface area (Å²) < 4.78 is 0. The van der Waals surface area contributed by atoms with E-state index in [0.717, 1.165) is 23.0 Å². The second kappa shape index (κ2) is 5.80. The summed E-state index contributed by atoms with van der Waals surface area (Å²) in [4.78, 5) is 16.2. The first-order chi connectivity index (χ1) is 9.11. The molecule has 3 N–H and O–H groups in total. The van der Waals surface area contributed by atoms with Crippen molar-refractivity contribution in [1.82, 2.24) is 4.98 Å². The van der Waals surface area contributed by atoms with Gasteiger partial charge in [0.2, 0.25) is 5.91 Å². The quantitative estimate of drug-likeness (QED) is 0.884. The maximum absolute atomic E-state index is 12.0. The number of nitrogens with one attached hydrogen (secondary N) is 1. The molecule has 0 aliphatic rings. The molecule has 0 aliphatic carbocycles. The molecule has 1 aromatic heterocycles. The minimum absolute atomic E-state index is 0.141. The number of fused-ring (bicyclic) bond motifs is 1. The first-order valence-electron chi connectivity index (χ1n) is 6.53. The lowest BCUT2D eigenvalue weighted by atomic mass is 9.99. The molecular formula is C15H19N3O. The van der Waals surface area contributed by atoms with Gasteiger partial charge < -0.3 is 11.1 Å². The molecule has 2 rings (SSSR count). The minimum Gasteiger partial charge on any atom is -0.325 e. The standard InChI is InChI=1S/C15H19N3O/c1-3-10(2)14(16)15(19)18-12-6-7-13-11(9-12)5-4-8-17-13/h4-10,14H,3,16H2,1-2H3,(H,18,19)/t10?,14-/m0/s1. The van der Waals surface area contributed by atoms with Crippen molar-refractivity contribution in [3.8, 4) is 0 Å². The van der Waals surface area contributed by atoms with Crippen LogP contribution in [0.2, 0.25) is 0 Å². The van der Waals surface area contributed by atoms with Gasteiger partial charge in [0.25, 0.3) is 0 Å². The third-order valence-electron chi connectivity index (χ3n) is 3.43. The highest BCUT2D eigenvalue weighted by Crippen LogP contribution is 2.17. The van der Waals surface area contributed by atoms with Gasteiger partial charge in [0.05, 0.1) is 11.6 Å². The van der Waals surface area contributed by atoms with E-state index >= 15 is 0 Å². The Kier molecular flexibility index (Phi) is 4.12. The van der Waals surface area contributed by atoms with E-state index in [2.05, 4.69) is 10.3 Å². The van der Waals surface area contributed by atoms with Crippen molar-refractivity contribution in [2.24, 2.45) is 11.7 Å². The van der Waals surface area contributed by atoms with Crippen LogP contribution in [0.1, 0.15) is 20.3 Å². The van der Waals surface area contributed by atoms with Crippen LogP contribution in [0, 0.1) is 5.92 Å². The maximum atomic E-state index is 12.0. The molecular weight excluding hydrogens is 238 g/mol. The number of nitrogens with two attached hydrogens (primary N) is 1. The van der Waals surface area contributed by atoms with E-state index in [-0.39, 0.29) is 11.8 Å². The Morgan fingerprint density at radius 1 is 1.42 bits per heavy atom.